The molecule has 0 fully saturated rings. The van der Waals surface area contributed by atoms with Gasteiger partial charge in [0.05, 0.1) is 0 Å². The van der Waals surface area contributed by atoms with Crippen molar-refractivity contribution in [2.24, 2.45) is 11.8 Å². The van der Waals surface area contributed by atoms with Crippen LogP contribution in [0, 0.1) is 43.9 Å². The van der Waals surface area contributed by atoms with Crippen molar-refractivity contribution in [1.82, 2.24) is 10.2 Å². The van der Waals surface area contributed by atoms with Gasteiger partial charge in [0.25, 0.3) is 0 Å². The molecule has 5 heteroatoms. The number of nitriles is 1. The van der Waals surface area contributed by atoms with Gasteiger partial charge < -0.3 is 5.32 Å². The summed E-state index contributed by atoms with van der Waals surface area (Å²) in [6, 6.07) is 6.85. The lowest BCUT2D eigenvalue weighted by atomic mass is 9.92. The van der Waals surface area contributed by atoms with Gasteiger partial charge in [0, 0.05) is 42.4 Å². The van der Waals surface area contributed by atoms with Crippen LogP contribution in [-0.4, -0.2) is 36.2 Å². The maximum atomic E-state index is 13.7. The number of thioether (sulfide) groups is 1. The molecule has 1 heterocycles. The van der Waals surface area contributed by atoms with E-state index >= 15 is 0 Å². The van der Waals surface area contributed by atoms with Gasteiger partial charge in [-0.05, 0) is 107 Å². The largest absolute Gasteiger partial charge is 0.376 e. The molecule has 0 saturated heterocycles. The molecule has 1 aliphatic rings. The highest BCUT2D eigenvalue weighted by Crippen LogP contribution is 2.35. The number of nitrogens with one attached hydrogen (secondary N) is 1. The number of nitrogens with zero attached hydrogens (tertiary/aromatic N) is 2. The Kier molecular flexibility index (Phi) is 41.2. The third kappa shape index (κ3) is 25.3. The van der Waals surface area contributed by atoms with Crippen LogP contribution < -0.4 is 5.32 Å². The molecule has 1 unspecified atom stereocenters. The van der Waals surface area contributed by atoms with Gasteiger partial charge in [-0.2, -0.15) is 5.26 Å². The van der Waals surface area contributed by atoms with Crippen molar-refractivity contribution in [3.63, 3.8) is 0 Å². The van der Waals surface area contributed by atoms with E-state index in [9.17, 15) is 10.1 Å². The SMILES string of the molecule is C=C.C=CC.CC.CC.CCC.CCCCC(CC)CN(CSC(/C=C1C(=O)CCCCCN/C(C#N)=C\1C)=C(\C)c1c(C)cc(C)cc1C)CC(C)C. The topological polar surface area (TPSA) is 56.1 Å². The van der Waals surface area contributed by atoms with Crippen LogP contribution in [0.15, 0.2) is 65.8 Å². The second-order valence-electron chi connectivity index (χ2n) is 13.8. The molecule has 0 saturated carbocycles. The molecular formula is C49H87N3OS. The Bertz CT molecular complexity index is 1240. The normalized spacial score (nSPS) is 15.7. The number of Topliss-reactive ketones (excluding diaryl/α,β-unsaturated/α-hetero) is 1. The summed E-state index contributed by atoms with van der Waals surface area (Å²) < 4.78 is 0. The maximum Gasteiger partial charge on any atom is 0.163 e. The van der Waals surface area contributed by atoms with Gasteiger partial charge in [0.1, 0.15) is 11.8 Å². The highest BCUT2D eigenvalue weighted by molar-refractivity contribution is 8.03. The Hall–Kier alpha value is -2.81. The van der Waals surface area contributed by atoms with Crippen LogP contribution in [0.2, 0.25) is 0 Å². The first-order chi connectivity index (χ1) is 25.8. The first kappa shape index (κ1) is 57.9. The highest BCUT2D eigenvalue weighted by atomic mass is 32.2. The third-order valence-corrected chi connectivity index (χ3v) is 9.59. The zero-order valence-electron chi connectivity index (χ0n) is 38.5. The van der Waals surface area contributed by atoms with Crippen molar-refractivity contribution < 1.29 is 4.79 Å². The van der Waals surface area contributed by atoms with Crippen molar-refractivity contribution in [3.8, 4) is 6.07 Å². The molecule has 54 heavy (non-hydrogen) atoms. The molecule has 0 aliphatic carbocycles. The van der Waals surface area contributed by atoms with Gasteiger partial charge in [-0.1, -0.05) is 125 Å². The van der Waals surface area contributed by atoms with E-state index in [-0.39, 0.29) is 5.78 Å². The standard InChI is InChI=1S/C37H57N3OS.C3H8.C3H6.2C2H6.C2H4/c1-10-12-16-32(11-2)24-40(23-26(3)4)25-42-36(31(9)37-28(6)19-27(5)20-29(37)7)21-33-30(8)34(22-38)39-18-15-13-14-17-35(33)41;2*1-3-2;3*1-2/h19-21,26,32,39H,10-18,23-25H2,1-9H3;3H2,1-2H3;3H,1H2,2H3;2*1-2H3;1-2H2/b33-21-,34-30-,36-31+;;;;;. The first-order valence-electron chi connectivity index (χ1n) is 21.2. The monoisotopic (exact) mass is 766 g/mol. The molecular weight excluding hydrogens is 679 g/mol. The fraction of sp³-hybridized carbons (Fsp3) is 0.633. The number of rotatable bonds is 13. The van der Waals surface area contributed by atoms with E-state index < -0.39 is 0 Å². The molecule has 0 bridgehead atoms. The Morgan fingerprint density at radius 2 is 1.52 bits per heavy atom. The lowest BCUT2D eigenvalue weighted by Gasteiger charge is -2.29. The minimum absolute atomic E-state index is 0.136. The van der Waals surface area contributed by atoms with Crippen LogP contribution in [0.1, 0.15) is 170 Å². The maximum absolute atomic E-state index is 13.7. The molecule has 0 aromatic heterocycles. The average Bonchev–Trinajstić information content (AvgIpc) is 3.14. The van der Waals surface area contributed by atoms with E-state index in [1.807, 2.05) is 53.3 Å². The minimum Gasteiger partial charge on any atom is -0.376 e. The summed E-state index contributed by atoms with van der Waals surface area (Å²) in [4.78, 5) is 17.4. The van der Waals surface area contributed by atoms with Crippen LogP contribution in [0.25, 0.3) is 5.57 Å². The van der Waals surface area contributed by atoms with E-state index in [0.29, 0.717) is 29.5 Å². The Labute approximate surface area is 342 Å². The zero-order chi connectivity index (χ0) is 42.6. The summed E-state index contributed by atoms with van der Waals surface area (Å²) in [5.41, 5.74) is 8.20. The van der Waals surface area contributed by atoms with Crippen LogP contribution >= 0.6 is 11.8 Å². The smallest absolute Gasteiger partial charge is 0.163 e. The Morgan fingerprint density at radius 3 is 1.98 bits per heavy atom. The number of benzene rings is 1. The van der Waals surface area contributed by atoms with Gasteiger partial charge in [0.15, 0.2) is 5.78 Å². The number of unbranched alkanes of at least 4 members (excludes halogenated alkanes) is 1. The lowest BCUT2D eigenvalue weighted by Crippen LogP contribution is -2.32. The predicted molar refractivity (Wildman–Crippen MR) is 249 cm³/mol. The third-order valence-electron chi connectivity index (χ3n) is 8.36. The molecule has 1 aromatic carbocycles. The summed E-state index contributed by atoms with van der Waals surface area (Å²) in [5.74, 6) is 2.29. The average molecular weight is 766 g/mol. The quantitative estimate of drug-likeness (QED) is 0.123. The fourth-order valence-corrected chi connectivity index (χ4v) is 7.20. The first-order valence-corrected chi connectivity index (χ1v) is 22.1. The second kappa shape index (κ2) is 38.5. The molecule has 0 spiro atoms. The predicted octanol–water partition coefficient (Wildman–Crippen LogP) is 15.1. The number of hydrogen-bond donors (Lipinski definition) is 1. The molecule has 4 nitrogen and oxygen atoms in total. The van der Waals surface area contributed by atoms with Crippen molar-refractivity contribution in [3.05, 3.63) is 88.0 Å². The summed E-state index contributed by atoms with van der Waals surface area (Å²) in [6.07, 6.45) is 13.5. The highest BCUT2D eigenvalue weighted by Gasteiger charge is 2.21. The molecule has 1 aromatic rings. The fourth-order valence-electron chi connectivity index (χ4n) is 6.15. The van der Waals surface area contributed by atoms with E-state index in [0.717, 1.165) is 55.3 Å². The van der Waals surface area contributed by atoms with Crippen LogP contribution in [0.5, 0.6) is 0 Å². The summed E-state index contributed by atoms with van der Waals surface area (Å²) in [5, 5.41) is 13.3. The zero-order valence-corrected chi connectivity index (χ0v) is 39.3. The summed E-state index contributed by atoms with van der Waals surface area (Å²) in [7, 11) is 0. The lowest BCUT2D eigenvalue weighted by molar-refractivity contribution is -0.115. The summed E-state index contributed by atoms with van der Waals surface area (Å²) >= 11 is 1.85. The Morgan fingerprint density at radius 1 is 0.981 bits per heavy atom. The van der Waals surface area contributed by atoms with Crippen molar-refractivity contribution in [1.29, 1.82) is 5.26 Å². The van der Waals surface area contributed by atoms with Crippen molar-refractivity contribution in [2.75, 3.05) is 25.5 Å². The number of ketones is 1. The van der Waals surface area contributed by atoms with Gasteiger partial charge in [-0.25, -0.2) is 0 Å². The number of aryl methyl sites for hydroxylation is 3. The second-order valence-corrected chi connectivity index (χ2v) is 14.8. The molecule has 2 rings (SSSR count). The van der Waals surface area contributed by atoms with E-state index in [4.69, 9.17) is 0 Å². The number of allylic oxidation sites excluding steroid dienone is 6. The van der Waals surface area contributed by atoms with E-state index in [2.05, 4.69) is 123 Å². The number of hydrogen-bond acceptors (Lipinski definition) is 5. The van der Waals surface area contributed by atoms with Crippen LogP contribution in [0.4, 0.5) is 0 Å². The summed E-state index contributed by atoms with van der Waals surface area (Å²) in [6.45, 7) is 46.3. The molecule has 0 amide bonds. The van der Waals surface area contributed by atoms with Crippen molar-refractivity contribution >= 4 is 23.1 Å². The molecule has 1 atom stereocenters. The van der Waals surface area contributed by atoms with Gasteiger partial charge in [-0.3, -0.25) is 9.69 Å². The number of carbonyl (C=O) groups is 1. The van der Waals surface area contributed by atoms with Crippen LogP contribution in [0.3, 0.4) is 0 Å². The molecule has 0 radical (unpaired) electrons. The molecule has 310 valence electrons. The van der Waals surface area contributed by atoms with Crippen molar-refractivity contribution in [2.45, 2.75) is 169 Å². The van der Waals surface area contributed by atoms with Gasteiger partial charge in [0.2, 0.25) is 0 Å². The van der Waals surface area contributed by atoms with Gasteiger partial charge >= 0.3 is 0 Å². The van der Waals surface area contributed by atoms with Crippen LogP contribution in [-0.2, 0) is 4.79 Å². The van der Waals surface area contributed by atoms with E-state index in [1.54, 1.807) is 6.08 Å². The minimum atomic E-state index is 0.136. The molecule has 1 N–H and O–H groups in total. The Balaban J connectivity index is -0.000000930. The molecule has 1 aliphatic heterocycles. The number of carbonyl (C=O) groups excluding carboxylic acids is 1. The van der Waals surface area contributed by atoms with Gasteiger partial charge in [-0.15, -0.1) is 31.5 Å². The van der Waals surface area contributed by atoms with E-state index in [1.165, 1.54) is 59.9 Å².